The first-order valence-corrected chi connectivity index (χ1v) is 5.97. The fraction of sp³-hybridized carbons (Fsp3) is 0.167. The lowest BCUT2D eigenvalue weighted by molar-refractivity contribution is 0.789. The molecule has 2 aromatic heterocycles. The number of rotatable bonds is 1. The van der Waals surface area contributed by atoms with Crippen LogP contribution < -0.4 is 5.73 Å². The number of fused-ring (bicyclic) bond motifs is 3. The van der Waals surface area contributed by atoms with Gasteiger partial charge in [-0.1, -0.05) is 18.2 Å². The maximum atomic E-state index is 5.92. The molecule has 0 amide bonds. The van der Waals surface area contributed by atoms with Crippen molar-refractivity contribution < 1.29 is 0 Å². The Balaban J connectivity index is 2.49. The Morgan fingerprint density at radius 1 is 1.25 bits per heavy atom. The SMILES string of the molecule is CC(N)c1ncnc2c1sc1ccccc12. The normalized spacial score (nSPS) is 13.4. The summed E-state index contributed by atoms with van der Waals surface area (Å²) in [5.74, 6) is 0. The predicted octanol–water partition coefficient (Wildman–Crippen LogP) is 2.86. The van der Waals surface area contributed by atoms with Crippen LogP contribution in [0, 0.1) is 0 Å². The molecule has 2 heterocycles. The van der Waals surface area contributed by atoms with Crippen molar-refractivity contribution in [1.82, 2.24) is 9.97 Å². The van der Waals surface area contributed by atoms with E-state index >= 15 is 0 Å². The van der Waals surface area contributed by atoms with Gasteiger partial charge in [-0.05, 0) is 13.0 Å². The van der Waals surface area contributed by atoms with Crippen molar-refractivity contribution in [1.29, 1.82) is 0 Å². The van der Waals surface area contributed by atoms with E-state index < -0.39 is 0 Å². The Morgan fingerprint density at radius 2 is 2.06 bits per heavy atom. The van der Waals surface area contributed by atoms with E-state index in [1.807, 2.05) is 19.1 Å². The van der Waals surface area contributed by atoms with Gasteiger partial charge >= 0.3 is 0 Å². The number of hydrogen-bond acceptors (Lipinski definition) is 4. The summed E-state index contributed by atoms with van der Waals surface area (Å²) < 4.78 is 2.35. The molecule has 3 aromatic rings. The van der Waals surface area contributed by atoms with Crippen molar-refractivity contribution in [2.75, 3.05) is 0 Å². The molecular weight excluding hydrogens is 218 g/mol. The highest BCUT2D eigenvalue weighted by atomic mass is 32.1. The van der Waals surface area contributed by atoms with Crippen LogP contribution >= 0.6 is 11.3 Å². The van der Waals surface area contributed by atoms with Crippen molar-refractivity contribution in [2.45, 2.75) is 13.0 Å². The summed E-state index contributed by atoms with van der Waals surface area (Å²) in [5.41, 5.74) is 7.87. The van der Waals surface area contributed by atoms with Crippen molar-refractivity contribution in [3.63, 3.8) is 0 Å². The average Bonchev–Trinajstić information content (AvgIpc) is 2.67. The van der Waals surface area contributed by atoms with Gasteiger partial charge in [0.1, 0.15) is 6.33 Å². The number of benzene rings is 1. The molecule has 0 saturated carbocycles. The molecule has 0 saturated heterocycles. The number of hydrogen-bond donors (Lipinski definition) is 1. The summed E-state index contributed by atoms with van der Waals surface area (Å²) in [6, 6.07) is 8.20. The Labute approximate surface area is 96.9 Å². The van der Waals surface area contributed by atoms with E-state index in [-0.39, 0.29) is 6.04 Å². The van der Waals surface area contributed by atoms with Gasteiger partial charge in [-0.25, -0.2) is 9.97 Å². The third kappa shape index (κ3) is 1.31. The zero-order valence-electron chi connectivity index (χ0n) is 8.84. The number of thiophene rings is 1. The molecule has 1 atom stereocenters. The molecule has 0 fully saturated rings. The van der Waals surface area contributed by atoms with Crippen LogP contribution in [0.2, 0.25) is 0 Å². The minimum Gasteiger partial charge on any atom is -0.323 e. The molecule has 0 aliphatic carbocycles. The first-order chi connectivity index (χ1) is 7.77. The number of aromatic nitrogens is 2. The van der Waals surface area contributed by atoms with Gasteiger partial charge in [-0.15, -0.1) is 11.3 Å². The average molecular weight is 229 g/mol. The Morgan fingerprint density at radius 3 is 2.88 bits per heavy atom. The first-order valence-electron chi connectivity index (χ1n) is 5.15. The van der Waals surface area contributed by atoms with E-state index in [9.17, 15) is 0 Å². The van der Waals surface area contributed by atoms with Crippen LogP contribution in [-0.4, -0.2) is 9.97 Å². The van der Waals surface area contributed by atoms with Gasteiger partial charge in [0, 0.05) is 16.1 Å². The Hall–Kier alpha value is -1.52. The van der Waals surface area contributed by atoms with Gasteiger partial charge in [0.25, 0.3) is 0 Å². The van der Waals surface area contributed by atoms with Crippen molar-refractivity contribution >= 4 is 31.6 Å². The van der Waals surface area contributed by atoms with E-state index in [4.69, 9.17) is 5.73 Å². The second kappa shape index (κ2) is 3.50. The van der Waals surface area contributed by atoms with Crippen molar-refractivity contribution in [3.8, 4) is 0 Å². The van der Waals surface area contributed by atoms with Gasteiger partial charge < -0.3 is 5.73 Å². The highest BCUT2D eigenvalue weighted by Gasteiger charge is 2.12. The fourth-order valence-electron chi connectivity index (χ4n) is 1.87. The molecule has 0 radical (unpaired) electrons. The summed E-state index contributed by atoms with van der Waals surface area (Å²) in [6.07, 6.45) is 1.60. The second-order valence-corrected chi connectivity index (χ2v) is 4.88. The second-order valence-electron chi connectivity index (χ2n) is 3.82. The lowest BCUT2D eigenvalue weighted by Crippen LogP contribution is -2.07. The number of nitrogens with two attached hydrogens (primary N) is 1. The molecule has 0 aliphatic heterocycles. The van der Waals surface area contributed by atoms with Gasteiger partial charge in [0.15, 0.2) is 0 Å². The van der Waals surface area contributed by atoms with Gasteiger partial charge in [0.2, 0.25) is 0 Å². The van der Waals surface area contributed by atoms with E-state index in [1.165, 1.54) is 10.1 Å². The quantitative estimate of drug-likeness (QED) is 0.698. The van der Waals surface area contributed by atoms with Crippen LogP contribution in [0.25, 0.3) is 20.3 Å². The zero-order valence-corrected chi connectivity index (χ0v) is 9.66. The van der Waals surface area contributed by atoms with E-state index in [0.29, 0.717) is 0 Å². The van der Waals surface area contributed by atoms with E-state index in [0.717, 1.165) is 15.9 Å². The van der Waals surface area contributed by atoms with Crippen LogP contribution in [0.1, 0.15) is 18.7 Å². The molecule has 0 aliphatic rings. The molecule has 4 heteroatoms. The summed E-state index contributed by atoms with van der Waals surface area (Å²) >= 11 is 1.71. The van der Waals surface area contributed by atoms with Gasteiger partial charge in [0.05, 0.1) is 15.9 Å². The smallest absolute Gasteiger partial charge is 0.116 e. The van der Waals surface area contributed by atoms with Crippen molar-refractivity contribution in [2.24, 2.45) is 5.73 Å². The van der Waals surface area contributed by atoms with Crippen LogP contribution in [0.3, 0.4) is 0 Å². The summed E-state index contributed by atoms with van der Waals surface area (Å²) in [5, 5.41) is 1.19. The minimum atomic E-state index is -0.0569. The summed E-state index contributed by atoms with van der Waals surface area (Å²) in [4.78, 5) is 8.63. The lowest BCUT2D eigenvalue weighted by Gasteiger charge is -2.03. The number of nitrogens with zero attached hydrogens (tertiary/aromatic N) is 2. The fourth-order valence-corrected chi connectivity index (χ4v) is 3.11. The van der Waals surface area contributed by atoms with Crippen LogP contribution in [0.15, 0.2) is 30.6 Å². The third-order valence-corrected chi connectivity index (χ3v) is 3.80. The molecule has 3 rings (SSSR count). The van der Waals surface area contributed by atoms with Gasteiger partial charge in [-0.3, -0.25) is 0 Å². The predicted molar refractivity (Wildman–Crippen MR) is 67.5 cm³/mol. The molecule has 1 unspecified atom stereocenters. The monoisotopic (exact) mass is 229 g/mol. The summed E-state index contributed by atoms with van der Waals surface area (Å²) in [6.45, 7) is 1.95. The van der Waals surface area contributed by atoms with E-state index in [2.05, 4.69) is 22.1 Å². The highest BCUT2D eigenvalue weighted by Crippen LogP contribution is 2.34. The maximum Gasteiger partial charge on any atom is 0.116 e. The highest BCUT2D eigenvalue weighted by molar-refractivity contribution is 7.25. The molecule has 2 N–H and O–H groups in total. The standard InChI is InChI=1S/C12H11N3S/c1-7(13)10-12-11(15-6-14-10)8-4-2-3-5-9(8)16-12/h2-7H,13H2,1H3. The zero-order chi connectivity index (χ0) is 11.1. The first kappa shape index (κ1) is 9.69. The molecular formula is C12H11N3S. The molecule has 3 nitrogen and oxygen atoms in total. The minimum absolute atomic E-state index is 0.0569. The molecule has 16 heavy (non-hydrogen) atoms. The topological polar surface area (TPSA) is 51.8 Å². The van der Waals surface area contributed by atoms with Crippen molar-refractivity contribution in [3.05, 3.63) is 36.3 Å². The molecule has 0 bridgehead atoms. The largest absolute Gasteiger partial charge is 0.323 e. The maximum absolute atomic E-state index is 5.92. The Bertz CT molecular complexity index is 657. The van der Waals surface area contributed by atoms with Gasteiger partial charge in [-0.2, -0.15) is 0 Å². The summed E-state index contributed by atoms with van der Waals surface area (Å²) in [7, 11) is 0. The van der Waals surface area contributed by atoms with E-state index in [1.54, 1.807) is 17.7 Å². The van der Waals surface area contributed by atoms with Crippen LogP contribution in [0.4, 0.5) is 0 Å². The van der Waals surface area contributed by atoms with Crippen LogP contribution in [0.5, 0.6) is 0 Å². The third-order valence-electron chi connectivity index (χ3n) is 2.62. The lowest BCUT2D eigenvalue weighted by atomic mass is 10.2. The van der Waals surface area contributed by atoms with Crippen LogP contribution in [-0.2, 0) is 0 Å². The Kier molecular flexibility index (Phi) is 2.12. The molecule has 80 valence electrons. The molecule has 1 aromatic carbocycles. The molecule has 0 spiro atoms.